The number of carbonyl (C=O) groups excluding carboxylic acids is 1. The first-order valence-electron chi connectivity index (χ1n) is 5.02. The Morgan fingerprint density at radius 2 is 1.80 bits per heavy atom. The van der Waals surface area contributed by atoms with Crippen molar-refractivity contribution in [2.24, 2.45) is 5.73 Å². The van der Waals surface area contributed by atoms with E-state index in [0.29, 0.717) is 0 Å². The molecule has 1 rings (SSSR count). The fourth-order valence-electron chi connectivity index (χ4n) is 1.40. The van der Waals surface area contributed by atoms with E-state index in [1.165, 1.54) is 0 Å². The molecule has 3 nitrogen and oxygen atoms in total. The fraction of sp³-hybridized carbons (Fsp3) is 0.417. The van der Waals surface area contributed by atoms with Crippen LogP contribution in [0.1, 0.15) is 32.4 Å². The first-order chi connectivity index (χ1) is 6.90. The van der Waals surface area contributed by atoms with Crippen molar-refractivity contribution in [2.45, 2.75) is 32.4 Å². The van der Waals surface area contributed by atoms with Crippen LogP contribution in [0, 0.1) is 0 Å². The maximum absolute atomic E-state index is 11.3. The van der Waals surface area contributed by atoms with Crippen molar-refractivity contribution in [3.8, 4) is 0 Å². The molecule has 1 amide bonds. The Morgan fingerprint density at radius 1 is 1.27 bits per heavy atom. The van der Waals surface area contributed by atoms with Gasteiger partial charge < -0.3 is 5.73 Å². The van der Waals surface area contributed by atoms with Gasteiger partial charge in [-0.1, -0.05) is 30.3 Å². The van der Waals surface area contributed by atoms with E-state index in [2.05, 4.69) is 5.32 Å². The number of benzene rings is 1. The second kappa shape index (κ2) is 4.45. The molecule has 0 heterocycles. The van der Waals surface area contributed by atoms with Crippen molar-refractivity contribution in [1.82, 2.24) is 5.32 Å². The molecule has 0 fully saturated rings. The minimum atomic E-state index is -0.425. The van der Waals surface area contributed by atoms with Crippen LogP contribution in [-0.2, 0) is 4.79 Å². The van der Waals surface area contributed by atoms with Gasteiger partial charge in [-0.2, -0.15) is 0 Å². The summed E-state index contributed by atoms with van der Waals surface area (Å²) in [4.78, 5) is 11.3. The van der Waals surface area contributed by atoms with Crippen molar-refractivity contribution < 1.29 is 4.79 Å². The summed E-state index contributed by atoms with van der Waals surface area (Å²) >= 11 is 0. The molecule has 0 aliphatic carbocycles. The van der Waals surface area contributed by atoms with Gasteiger partial charge in [0.1, 0.15) is 6.04 Å². The lowest BCUT2D eigenvalue weighted by Gasteiger charge is -2.26. The smallest absolute Gasteiger partial charge is 0.239 e. The predicted molar refractivity (Wildman–Crippen MR) is 61.3 cm³/mol. The molecule has 0 aliphatic heterocycles. The fourth-order valence-corrected chi connectivity index (χ4v) is 1.40. The quantitative estimate of drug-likeness (QED) is 0.789. The Hall–Kier alpha value is -1.35. The van der Waals surface area contributed by atoms with Gasteiger partial charge in [-0.3, -0.25) is 10.1 Å². The predicted octanol–water partition coefficient (Wildman–Crippen LogP) is 1.60. The first-order valence-corrected chi connectivity index (χ1v) is 5.02. The van der Waals surface area contributed by atoms with E-state index in [1.54, 1.807) is 0 Å². The Labute approximate surface area is 90.7 Å². The average molecular weight is 206 g/mol. The van der Waals surface area contributed by atoms with Crippen LogP contribution < -0.4 is 11.1 Å². The second-order valence-electron chi connectivity index (χ2n) is 4.64. The number of nitrogens with one attached hydrogen (secondary N) is 1. The number of amides is 1. The van der Waals surface area contributed by atoms with Crippen LogP contribution in [0.5, 0.6) is 0 Å². The van der Waals surface area contributed by atoms with Gasteiger partial charge in [-0.25, -0.2) is 0 Å². The number of hydrogen-bond donors (Lipinski definition) is 2. The van der Waals surface area contributed by atoms with Crippen molar-refractivity contribution in [3.05, 3.63) is 35.9 Å². The third-order valence-electron chi connectivity index (χ3n) is 1.99. The average Bonchev–Trinajstić information content (AvgIpc) is 2.14. The molecule has 82 valence electrons. The number of hydrogen-bond acceptors (Lipinski definition) is 2. The highest BCUT2D eigenvalue weighted by molar-refractivity contribution is 5.81. The van der Waals surface area contributed by atoms with Crippen LogP contribution in [-0.4, -0.2) is 11.4 Å². The number of primary amides is 1. The van der Waals surface area contributed by atoms with Gasteiger partial charge in [-0.15, -0.1) is 0 Å². The molecule has 0 radical (unpaired) electrons. The van der Waals surface area contributed by atoms with Crippen molar-refractivity contribution >= 4 is 5.91 Å². The van der Waals surface area contributed by atoms with Gasteiger partial charge in [0.2, 0.25) is 5.91 Å². The molecule has 1 aromatic carbocycles. The molecule has 0 aromatic heterocycles. The molecule has 0 spiro atoms. The summed E-state index contributed by atoms with van der Waals surface area (Å²) in [6.07, 6.45) is 0. The third-order valence-corrected chi connectivity index (χ3v) is 1.99. The molecule has 1 aromatic rings. The van der Waals surface area contributed by atoms with Crippen molar-refractivity contribution in [3.63, 3.8) is 0 Å². The number of rotatable bonds is 3. The summed E-state index contributed by atoms with van der Waals surface area (Å²) in [5, 5.41) is 3.20. The number of carbonyl (C=O) groups is 1. The van der Waals surface area contributed by atoms with E-state index in [4.69, 9.17) is 5.73 Å². The molecular formula is C12H18N2O. The third kappa shape index (κ3) is 3.72. The monoisotopic (exact) mass is 206 g/mol. The summed E-state index contributed by atoms with van der Waals surface area (Å²) in [6, 6.07) is 9.08. The minimum Gasteiger partial charge on any atom is -0.368 e. The standard InChI is InChI=1S/C12H18N2O/c1-12(2,3)14-10(11(13)15)9-7-5-4-6-8-9/h4-8,10,14H,1-3H3,(H2,13,15)/t10-/m0/s1. The summed E-state index contributed by atoms with van der Waals surface area (Å²) < 4.78 is 0. The second-order valence-corrected chi connectivity index (χ2v) is 4.64. The number of nitrogens with two attached hydrogens (primary N) is 1. The highest BCUT2D eigenvalue weighted by Gasteiger charge is 2.22. The van der Waals surface area contributed by atoms with Gasteiger partial charge in [0.05, 0.1) is 0 Å². The Balaban J connectivity index is 2.90. The van der Waals surface area contributed by atoms with Crippen molar-refractivity contribution in [2.75, 3.05) is 0 Å². The minimum absolute atomic E-state index is 0.143. The van der Waals surface area contributed by atoms with Crippen LogP contribution >= 0.6 is 0 Å². The Kier molecular flexibility index (Phi) is 3.48. The zero-order valence-electron chi connectivity index (χ0n) is 9.45. The molecule has 3 heteroatoms. The Morgan fingerprint density at radius 3 is 2.20 bits per heavy atom. The molecule has 0 bridgehead atoms. The maximum atomic E-state index is 11.3. The first kappa shape index (κ1) is 11.7. The van der Waals surface area contributed by atoms with Crippen LogP contribution in [0.3, 0.4) is 0 Å². The zero-order chi connectivity index (χ0) is 11.5. The van der Waals surface area contributed by atoms with Crippen molar-refractivity contribution in [1.29, 1.82) is 0 Å². The summed E-state index contributed by atoms with van der Waals surface area (Å²) in [6.45, 7) is 6.02. The van der Waals surface area contributed by atoms with Gasteiger partial charge in [0.25, 0.3) is 0 Å². The van der Waals surface area contributed by atoms with Gasteiger partial charge >= 0.3 is 0 Å². The molecule has 1 atom stereocenters. The molecule has 0 saturated heterocycles. The van der Waals surface area contributed by atoms with Crippen LogP contribution in [0.2, 0.25) is 0 Å². The lowest BCUT2D eigenvalue weighted by atomic mass is 10.0. The maximum Gasteiger partial charge on any atom is 0.239 e. The molecule has 15 heavy (non-hydrogen) atoms. The van der Waals surface area contributed by atoms with Gasteiger partial charge in [-0.05, 0) is 26.3 Å². The van der Waals surface area contributed by atoms with E-state index < -0.39 is 6.04 Å². The topological polar surface area (TPSA) is 55.1 Å². The normalized spacial score (nSPS) is 13.5. The molecule has 3 N–H and O–H groups in total. The summed E-state index contributed by atoms with van der Waals surface area (Å²) in [5.41, 5.74) is 6.13. The molecule has 0 unspecified atom stereocenters. The van der Waals surface area contributed by atoms with E-state index in [-0.39, 0.29) is 11.4 Å². The zero-order valence-corrected chi connectivity index (χ0v) is 9.45. The van der Waals surface area contributed by atoms with E-state index in [9.17, 15) is 4.79 Å². The summed E-state index contributed by atoms with van der Waals surface area (Å²) in [5.74, 6) is -0.351. The van der Waals surface area contributed by atoms with Gasteiger partial charge in [0.15, 0.2) is 0 Å². The lowest BCUT2D eigenvalue weighted by molar-refractivity contribution is -0.120. The Bertz CT molecular complexity index is 327. The van der Waals surface area contributed by atoms with E-state index in [1.807, 2.05) is 51.1 Å². The summed E-state index contributed by atoms with van der Waals surface area (Å²) in [7, 11) is 0. The lowest BCUT2D eigenvalue weighted by Crippen LogP contribution is -2.44. The highest BCUT2D eigenvalue weighted by atomic mass is 16.1. The molecule has 0 saturated carbocycles. The molecular weight excluding hydrogens is 188 g/mol. The van der Waals surface area contributed by atoms with Crippen LogP contribution in [0.15, 0.2) is 30.3 Å². The van der Waals surface area contributed by atoms with E-state index in [0.717, 1.165) is 5.56 Å². The van der Waals surface area contributed by atoms with Gasteiger partial charge in [0, 0.05) is 5.54 Å². The highest BCUT2D eigenvalue weighted by Crippen LogP contribution is 2.15. The largest absolute Gasteiger partial charge is 0.368 e. The molecule has 0 aliphatic rings. The van der Waals surface area contributed by atoms with Crippen LogP contribution in [0.25, 0.3) is 0 Å². The van der Waals surface area contributed by atoms with E-state index >= 15 is 0 Å². The SMILES string of the molecule is CC(C)(C)N[C@H](C(N)=O)c1ccccc1. The van der Waals surface area contributed by atoms with Crippen LogP contribution in [0.4, 0.5) is 0 Å².